The lowest BCUT2D eigenvalue weighted by molar-refractivity contribution is 0.519. The van der Waals surface area contributed by atoms with Crippen molar-refractivity contribution in [1.29, 1.82) is 0 Å². The molecule has 1 heterocycles. The Morgan fingerprint density at radius 2 is 2.00 bits per heavy atom. The van der Waals surface area contributed by atoms with Crippen LogP contribution in [0.3, 0.4) is 0 Å². The molecular weight excluding hydrogens is 485 g/mol. The van der Waals surface area contributed by atoms with Gasteiger partial charge in [-0.25, -0.2) is 4.39 Å². The molecular formula is C15H15Br3FNS. The molecule has 0 fully saturated rings. The zero-order chi connectivity index (χ0) is 15.4. The van der Waals surface area contributed by atoms with E-state index in [-0.39, 0.29) is 11.9 Å². The molecule has 0 saturated carbocycles. The molecule has 6 heteroatoms. The van der Waals surface area contributed by atoms with Crippen molar-refractivity contribution in [2.75, 3.05) is 6.54 Å². The summed E-state index contributed by atoms with van der Waals surface area (Å²) in [7, 11) is 0. The Labute approximate surface area is 153 Å². The summed E-state index contributed by atoms with van der Waals surface area (Å²) in [5, 5.41) is 3.51. The second kappa shape index (κ2) is 8.20. The first-order valence-electron chi connectivity index (χ1n) is 6.63. The van der Waals surface area contributed by atoms with E-state index in [0.29, 0.717) is 6.42 Å². The molecule has 0 radical (unpaired) electrons. The average Bonchev–Trinajstić information content (AvgIpc) is 2.78. The van der Waals surface area contributed by atoms with Gasteiger partial charge in [0.25, 0.3) is 0 Å². The van der Waals surface area contributed by atoms with Gasteiger partial charge in [0.2, 0.25) is 0 Å². The summed E-state index contributed by atoms with van der Waals surface area (Å²) in [6.07, 6.45) is 1.68. The van der Waals surface area contributed by atoms with Crippen molar-refractivity contribution in [2.45, 2.75) is 25.8 Å². The molecule has 2 aromatic rings. The van der Waals surface area contributed by atoms with E-state index in [0.717, 1.165) is 31.3 Å². The maximum atomic E-state index is 14.0. The van der Waals surface area contributed by atoms with Crippen LogP contribution < -0.4 is 5.32 Å². The van der Waals surface area contributed by atoms with Crippen molar-refractivity contribution < 1.29 is 4.39 Å². The summed E-state index contributed by atoms with van der Waals surface area (Å²) in [5.41, 5.74) is 0.721. The largest absolute Gasteiger partial charge is 0.309 e. The van der Waals surface area contributed by atoms with Gasteiger partial charge in [0.05, 0.1) is 3.79 Å². The Kier molecular flexibility index (Phi) is 6.87. The monoisotopic (exact) mass is 497 g/mol. The molecule has 1 atom stereocenters. The zero-order valence-corrected chi connectivity index (χ0v) is 17.0. The highest BCUT2D eigenvalue weighted by Gasteiger charge is 2.18. The van der Waals surface area contributed by atoms with Gasteiger partial charge in [-0.2, -0.15) is 0 Å². The van der Waals surface area contributed by atoms with Crippen LogP contribution >= 0.6 is 59.1 Å². The van der Waals surface area contributed by atoms with Crippen molar-refractivity contribution in [2.24, 2.45) is 0 Å². The molecule has 0 saturated heterocycles. The molecule has 1 N–H and O–H groups in total. The molecule has 1 aromatic carbocycles. The quantitative estimate of drug-likeness (QED) is 0.481. The molecule has 21 heavy (non-hydrogen) atoms. The van der Waals surface area contributed by atoms with Crippen molar-refractivity contribution in [3.63, 3.8) is 0 Å². The third-order valence-electron chi connectivity index (χ3n) is 3.08. The van der Waals surface area contributed by atoms with Crippen LogP contribution in [0.25, 0.3) is 0 Å². The SMILES string of the molecule is CCCNC(Cc1cc(Br)ccc1F)c1cc(Br)c(Br)s1. The molecule has 0 aliphatic carbocycles. The van der Waals surface area contributed by atoms with E-state index in [9.17, 15) is 4.39 Å². The van der Waals surface area contributed by atoms with Gasteiger partial charge in [-0.3, -0.25) is 0 Å². The average molecular weight is 500 g/mol. The smallest absolute Gasteiger partial charge is 0.126 e. The standard InChI is InChI=1S/C15H15Br3FNS/c1-2-5-20-13(14-8-11(17)15(18)21-14)7-9-6-10(16)3-4-12(9)19/h3-4,6,8,13,20H,2,5,7H2,1H3. The Bertz CT molecular complexity index is 595. The topological polar surface area (TPSA) is 12.0 Å². The predicted octanol–water partition coefficient (Wildman–Crippen LogP) is 6.46. The van der Waals surface area contributed by atoms with Crippen molar-refractivity contribution in [3.8, 4) is 0 Å². The van der Waals surface area contributed by atoms with E-state index in [1.807, 2.05) is 6.07 Å². The molecule has 2 rings (SSSR count). The summed E-state index contributed by atoms with van der Waals surface area (Å²) in [4.78, 5) is 1.20. The van der Waals surface area contributed by atoms with Crippen LogP contribution in [0.2, 0.25) is 0 Å². The van der Waals surface area contributed by atoms with Gasteiger partial charge >= 0.3 is 0 Å². The van der Waals surface area contributed by atoms with Crippen LogP contribution in [0.1, 0.15) is 29.8 Å². The fraction of sp³-hybridized carbons (Fsp3) is 0.333. The van der Waals surface area contributed by atoms with E-state index in [2.05, 4.69) is 66.1 Å². The number of halogens is 4. The molecule has 1 nitrogen and oxygen atoms in total. The maximum absolute atomic E-state index is 14.0. The molecule has 0 aliphatic rings. The van der Waals surface area contributed by atoms with Gasteiger partial charge in [0, 0.05) is 19.9 Å². The predicted molar refractivity (Wildman–Crippen MR) is 98.6 cm³/mol. The summed E-state index contributed by atoms with van der Waals surface area (Å²) in [6.45, 7) is 3.04. The third-order valence-corrected chi connectivity index (χ3v) is 6.94. The van der Waals surface area contributed by atoms with Gasteiger partial charge in [-0.15, -0.1) is 11.3 Å². The molecule has 0 spiro atoms. The second-order valence-electron chi connectivity index (χ2n) is 4.72. The van der Waals surface area contributed by atoms with Crippen molar-refractivity contribution in [1.82, 2.24) is 5.32 Å². The lowest BCUT2D eigenvalue weighted by Crippen LogP contribution is -2.23. The van der Waals surface area contributed by atoms with E-state index in [4.69, 9.17) is 0 Å². The number of hydrogen-bond acceptors (Lipinski definition) is 2. The van der Waals surface area contributed by atoms with Gasteiger partial charge in [0.15, 0.2) is 0 Å². The van der Waals surface area contributed by atoms with Crippen LogP contribution in [-0.2, 0) is 6.42 Å². The number of hydrogen-bond donors (Lipinski definition) is 1. The minimum absolute atomic E-state index is 0.112. The summed E-state index contributed by atoms with van der Waals surface area (Å²) < 4.78 is 17.0. The van der Waals surface area contributed by atoms with E-state index >= 15 is 0 Å². The molecule has 0 amide bonds. The Morgan fingerprint density at radius 3 is 2.62 bits per heavy atom. The third kappa shape index (κ3) is 4.86. The van der Waals surface area contributed by atoms with Crippen LogP contribution in [-0.4, -0.2) is 6.54 Å². The first-order chi connectivity index (χ1) is 10.0. The van der Waals surface area contributed by atoms with Gasteiger partial charge < -0.3 is 5.32 Å². The second-order valence-corrected chi connectivity index (χ2v) is 8.89. The first kappa shape index (κ1) is 17.6. The van der Waals surface area contributed by atoms with Crippen LogP contribution in [0.4, 0.5) is 4.39 Å². The highest BCUT2D eigenvalue weighted by molar-refractivity contribution is 9.13. The van der Waals surface area contributed by atoms with Gasteiger partial charge in [-0.1, -0.05) is 22.9 Å². The van der Waals surface area contributed by atoms with Crippen LogP contribution in [0, 0.1) is 5.82 Å². The lowest BCUT2D eigenvalue weighted by Gasteiger charge is -2.18. The van der Waals surface area contributed by atoms with Crippen LogP contribution in [0.15, 0.2) is 37.0 Å². The highest BCUT2D eigenvalue weighted by Crippen LogP contribution is 2.36. The van der Waals surface area contributed by atoms with Crippen LogP contribution in [0.5, 0.6) is 0 Å². The number of benzene rings is 1. The minimum atomic E-state index is -0.156. The van der Waals surface area contributed by atoms with E-state index in [1.54, 1.807) is 17.4 Å². The molecule has 1 aromatic heterocycles. The molecule has 114 valence electrons. The van der Waals surface area contributed by atoms with Crippen molar-refractivity contribution >= 4 is 59.1 Å². The van der Waals surface area contributed by atoms with Gasteiger partial charge in [0.1, 0.15) is 5.82 Å². The summed E-state index contributed by atoms with van der Waals surface area (Å²) in [5.74, 6) is -0.156. The minimum Gasteiger partial charge on any atom is -0.309 e. The highest BCUT2D eigenvalue weighted by atomic mass is 79.9. The van der Waals surface area contributed by atoms with E-state index < -0.39 is 0 Å². The fourth-order valence-electron chi connectivity index (χ4n) is 2.05. The number of nitrogens with one attached hydrogen (secondary N) is 1. The fourth-order valence-corrected chi connectivity index (χ4v) is 4.62. The number of rotatable bonds is 6. The molecule has 0 aliphatic heterocycles. The molecule has 0 bridgehead atoms. The summed E-state index contributed by atoms with van der Waals surface area (Å²) >= 11 is 12.1. The summed E-state index contributed by atoms with van der Waals surface area (Å²) in [6, 6.07) is 7.30. The first-order valence-corrected chi connectivity index (χ1v) is 9.82. The number of thiophene rings is 1. The van der Waals surface area contributed by atoms with Crippen molar-refractivity contribution in [3.05, 3.63) is 53.3 Å². The normalized spacial score (nSPS) is 12.6. The molecule has 1 unspecified atom stereocenters. The lowest BCUT2D eigenvalue weighted by atomic mass is 10.0. The maximum Gasteiger partial charge on any atom is 0.126 e. The zero-order valence-electron chi connectivity index (χ0n) is 11.4. The van der Waals surface area contributed by atoms with E-state index in [1.165, 1.54) is 10.9 Å². The Morgan fingerprint density at radius 1 is 1.24 bits per heavy atom. The Balaban J connectivity index is 2.25. The van der Waals surface area contributed by atoms with Gasteiger partial charge in [-0.05, 0) is 81.1 Å². The Hall–Kier alpha value is 0.250.